The van der Waals surface area contributed by atoms with Crippen LogP contribution in [-0.4, -0.2) is 24.7 Å². The van der Waals surface area contributed by atoms with Crippen LogP contribution in [0, 0.1) is 0 Å². The Kier molecular flexibility index (Phi) is 29.3. The van der Waals surface area contributed by atoms with Crippen molar-refractivity contribution in [2.45, 2.75) is 42.0 Å². The van der Waals surface area contributed by atoms with Crippen molar-refractivity contribution < 1.29 is 9.90 Å². The predicted molar refractivity (Wildman–Crippen MR) is 109 cm³/mol. The van der Waals surface area contributed by atoms with Gasteiger partial charge in [-0.25, -0.2) is 0 Å². The maximum atomic E-state index is 8.89. The molecule has 0 aliphatic rings. The lowest BCUT2D eigenvalue weighted by molar-refractivity contribution is -0.302. The number of carbonyl (C=O) groups excluding carboxylic acids is 1. The molecule has 0 N–H and O–H groups in total. The third-order valence-electron chi connectivity index (χ3n) is 1.66. The minimum Gasteiger partial charge on any atom is -0.550 e. The maximum Gasteiger partial charge on any atom is 0.0969 e. The molecule has 0 aliphatic heterocycles. The molecule has 0 radical (unpaired) electrons. The molecular formula is C20H36O2S. The Morgan fingerprint density at radius 3 is 1.04 bits per heavy atom. The molecule has 134 valence electrons. The van der Waals surface area contributed by atoms with Crippen LogP contribution < -0.4 is 5.11 Å². The lowest BCUT2D eigenvalue weighted by Crippen LogP contribution is -2.16. The molecule has 0 aliphatic carbocycles. The third kappa shape index (κ3) is 25.8. The van der Waals surface area contributed by atoms with Crippen molar-refractivity contribution >= 4 is 27.6 Å². The van der Waals surface area contributed by atoms with Gasteiger partial charge in [-0.1, -0.05) is 83.7 Å². The fourth-order valence-corrected chi connectivity index (χ4v) is 1.13. The Balaban J connectivity index is -0.000000119. The minimum atomic E-state index is -1.08. The van der Waals surface area contributed by atoms with Crippen LogP contribution in [0.5, 0.6) is 0 Å². The van der Waals surface area contributed by atoms with Crippen molar-refractivity contribution in [2.75, 3.05) is 18.8 Å². The lowest BCUT2D eigenvalue weighted by Gasteiger charge is -1.92. The van der Waals surface area contributed by atoms with E-state index < -0.39 is 5.97 Å². The van der Waals surface area contributed by atoms with Gasteiger partial charge in [0.15, 0.2) is 0 Å². The van der Waals surface area contributed by atoms with Crippen LogP contribution in [0.3, 0.4) is 0 Å². The number of carbonyl (C=O) groups is 1. The summed E-state index contributed by atoms with van der Waals surface area (Å²) in [4.78, 5) is 8.89. The van der Waals surface area contributed by atoms with Crippen molar-refractivity contribution in [3.05, 3.63) is 48.5 Å². The van der Waals surface area contributed by atoms with Crippen molar-refractivity contribution in [3.63, 3.8) is 0 Å². The zero-order valence-corrected chi connectivity index (χ0v) is 16.2. The Morgan fingerprint density at radius 2 is 0.913 bits per heavy atom. The Labute approximate surface area is 147 Å². The largest absolute Gasteiger partial charge is 0.550 e. The van der Waals surface area contributed by atoms with E-state index in [4.69, 9.17) is 9.90 Å². The van der Waals surface area contributed by atoms with Crippen molar-refractivity contribution in [1.82, 2.24) is 0 Å². The lowest BCUT2D eigenvalue weighted by atomic mass is 10.1. The first-order chi connectivity index (χ1) is 10.4. The number of hydrogen-bond acceptors (Lipinski definition) is 2. The molecular weight excluding hydrogens is 304 g/mol. The van der Waals surface area contributed by atoms with E-state index in [1.165, 1.54) is 10.8 Å². The molecule has 3 heteroatoms. The second-order valence-electron chi connectivity index (χ2n) is 4.06. The SMILES string of the molecule is C.CC.CC.CC(=O)[O-].C[S+](C)C.c1ccc2ccccc2c1. The van der Waals surface area contributed by atoms with Crippen LogP contribution in [0.2, 0.25) is 0 Å². The Hall–Kier alpha value is -1.48. The van der Waals surface area contributed by atoms with Gasteiger partial charge in [-0.15, -0.1) is 0 Å². The number of fused-ring (bicyclic) bond motifs is 1. The molecule has 0 atom stereocenters. The van der Waals surface area contributed by atoms with Gasteiger partial charge in [0.1, 0.15) is 0 Å². The normalized spacial score (nSPS) is 7.52. The van der Waals surface area contributed by atoms with E-state index in [2.05, 4.69) is 67.3 Å². The molecule has 0 bridgehead atoms. The van der Waals surface area contributed by atoms with Gasteiger partial charge in [0.2, 0.25) is 0 Å². The van der Waals surface area contributed by atoms with E-state index in [0.717, 1.165) is 6.92 Å². The third-order valence-corrected chi connectivity index (χ3v) is 1.66. The quantitative estimate of drug-likeness (QED) is 0.648. The summed E-state index contributed by atoms with van der Waals surface area (Å²) in [6.07, 6.45) is 6.58. The highest BCUT2D eigenvalue weighted by Crippen LogP contribution is 2.11. The Bertz CT molecular complexity index is 396. The molecule has 2 aromatic carbocycles. The van der Waals surface area contributed by atoms with Gasteiger partial charge < -0.3 is 9.90 Å². The maximum absolute atomic E-state index is 8.89. The topological polar surface area (TPSA) is 40.1 Å². The summed E-state index contributed by atoms with van der Waals surface area (Å²) in [5.74, 6) is -1.08. The monoisotopic (exact) mass is 340 g/mol. The smallest absolute Gasteiger partial charge is 0.0969 e. The van der Waals surface area contributed by atoms with Crippen LogP contribution in [0.25, 0.3) is 10.8 Å². The average molecular weight is 341 g/mol. The average Bonchev–Trinajstić information content (AvgIpc) is 2.50. The summed E-state index contributed by atoms with van der Waals surface area (Å²) in [5.41, 5.74) is 0. The molecule has 0 aromatic heterocycles. The molecule has 0 spiro atoms. The van der Waals surface area contributed by atoms with Crippen LogP contribution in [0.4, 0.5) is 0 Å². The van der Waals surface area contributed by atoms with E-state index >= 15 is 0 Å². The summed E-state index contributed by atoms with van der Waals surface area (Å²) in [6.45, 7) is 8.97. The fourth-order valence-electron chi connectivity index (χ4n) is 1.13. The summed E-state index contributed by atoms with van der Waals surface area (Å²) in [7, 11) is 0.639. The molecule has 0 amide bonds. The number of hydrogen-bond donors (Lipinski definition) is 0. The molecule has 2 rings (SSSR count). The van der Waals surface area contributed by atoms with Crippen molar-refractivity contribution in [3.8, 4) is 0 Å². The van der Waals surface area contributed by atoms with Gasteiger partial charge in [0.05, 0.1) is 18.8 Å². The highest BCUT2D eigenvalue weighted by Gasteiger charge is 1.85. The minimum absolute atomic E-state index is 0. The molecule has 0 saturated carbocycles. The van der Waals surface area contributed by atoms with Gasteiger partial charge in [-0.2, -0.15) is 0 Å². The molecule has 0 saturated heterocycles. The first kappa shape index (κ1) is 29.5. The Morgan fingerprint density at radius 1 is 0.783 bits per heavy atom. The van der Waals surface area contributed by atoms with E-state index in [9.17, 15) is 0 Å². The molecule has 2 aromatic rings. The number of carboxylic acids is 1. The molecule has 2 nitrogen and oxygen atoms in total. The molecule has 0 unspecified atom stereocenters. The van der Waals surface area contributed by atoms with Crippen LogP contribution >= 0.6 is 0 Å². The number of benzene rings is 2. The van der Waals surface area contributed by atoms with E-state index in [0.29, 0.717) is 10.9 Å². The van der Waals surface area contributed by atoms with Crippen molar-refractivity contribution in [1.29, 1.82) is 0 Å². The first-order valence-electron chi connectivity index (χ1n) is 7.54. The molecule has 23 heavy (non-hydrogen) atoms. The van der Waals surface area contributed by atoms with Gasteiger partial charge in [0, 0.05) is 5.97 Å². The zero-order valence-electron chi connectivity index (χ0n) is 15.3. The van der Waals surface area contributed by atoms with Crippen LogP contribution in [-0.2, 0) is 15.7 Å². The van der Waals surface area contributed by atoms with Gasteiger partial charge in [-0.3, -0.25) is 0 Å². The van der Waals surface area contributed by atoms with E-state index in [1.54, 1.807) is 0 Å². The predicted octanol–water partition coefficient (Wildman–Crippen LogP) is 4.78. The molecule has 0 fully saturated rings. The zero-order chi connectivity index (χ0) is 18.0. The van der Waals surface area contributed by atoms with Crippen molar-refractivity contribution in [2.24, 2.45) is 0 Å². The number of carboxylic acid groups (broad SMARTS) is 1. The second kappa shape index (κ2) is 22.8. The highest BCUT2D eigenvalue weighted by atomic mass is 32.2. The van der Waals surface area contributed by atoms with E-state index in [1.807, 2.05) is 27.7 Å². The summed E-state index contributed by atoms with van der Waals surface area (Å²) >= 11 is 0. The first-order valence-corrected chi connectivity index (χ1v) is 9.99. The number of rotatable bonds is 0. The second-order valence-corrected chi connectivity index (χ2v) is 6.51. The fraction of sp³-hybridized carbons (Fsp3) is 0.450. The standard InChI is InChI=1S/C10H8.C3H9S.C2H4O2.2C2H6.CH4/c1-2-6-10-8-4-3-7-9(10)5-1;1-4(2)3;1-2(3)4;2*1-2;/h1-8H;1-3H3;1H3,(H,3,4);2*1-2H3;1H4/q;+1;;;;/p-1. The summed E-state index contributed by atoms with van der Waals surface area (Å²) in [6, 6.07) is 16.7. The van der Waals surface area contributed by atoms with Gasteiger partial charge in [-0.05, 0) is 28.6 Å². The molecule has 0 heterocycles. The summed E-state index contributed by atoms with van der Waals surface area (Å²) in [5, 5.41) is 11.5. The van der Waals surface area contributed by atoms with E-state index in [-0.39, 0.29) is 7.43 Å². The van der Waals surface area contributed by atoms with Crippen LogP contribution in [0.15, 0.2) is 48.5 Å². The number of aliphatic carboxylic acids is 1. The van der Waals surface area contributed by atoms with Gasteiger partial charge >= 0.3 is 0 Å². The highest BCUT2D eigenvalue weighted by molar-refractivity contribution is 7.94. The van der Waals surface area contributed by atoms with Gasteiger partial charge in [0.25, 0.3) is 0 Å². The van der Waals surface area contributed by atoms with Crippen LogP contribution in [0.1, 0.15) is 42.0 Å². The summed E-state index contributed by atoms with van der Waals surface area (Å²) < 4.78 is 0.